The highest BCUT2D eigenvalue weighted by atomic mass is 35.5. The summed E-state index contributed by atoms with van der Waals surface area (Å²) in [6.07, 6.45) is -1.89. The number of carboxylic acid groups (broad SMARTS) is 1. The standard InChI is InChI=1S/C36H50Cl2N5O5S.C2HF3O2/c1-25-22-26(2)40-34-28(25)8-6-9-31(34)48-24-29-30(37)10-11-32(33(29)38)49(45,46)41-36(14-20-47-21-15-36)35(44)42-17-12-27(13-18-42)23-39-16-7-19-43(3,4)5;3-2(4,5)1(6)7/h6,8-11,22,27,39,41H,7,12-21,23-24H2,1-5H3;(H,6,7)/q+1;/p-1. The van der Waals surface area contributed by atoms with E-state index in [4.69, 9.17) is 42.6 Å². The first-order valence-electron chi connectivity index (χ1n) is 18.3. The minimum absolute atomic E-state index is 0.0509. The third-order valence-electron chi connectivity index (χ3n) is 9.78. The van der Waals surface area contributed by atoms with Gasteiger partial charge in [0, 0.05) is 60.9 Å². The molecule has 2 saturated heterocycles. The van der Waals surface area contributed by atoms with Gasteiger partial charge < -0.3 is 34.1 Å². The Bertz CT molecular complexity index is 1970. The van der Waals surface area contributed by atoms with Crippen molar-refractivity contribution in [2.45, 2.75) is 69.2 Å². The first kappa shape index (κ1) is 45.5. The number of para-hydroxylation sites is 1. The van der Waals surface area contributed by atoms with Gasteiger partial charge >= 0.3 is 6.18 Å². The molecule has 2 fully saturated rings. The van der Waals surface area contributed by atoms with Gasteiger partial charge in [-0.05, 0) is 81.8 Å². The Morgan fingerprint density at radius 1 is 1.09 bits per heavy atom. The fourth-order valence-electron chi connectivity index (χ4n) is 6.76. The molecule has 3 aromatic rings. The summed E-state index contributed by atoms with van der Waals surface area (Å²) in [5.74, 6) is -2.21. The lowest BCUT2D eigenvalue weighted by atomic mass is 9.88. The summed E-state index contributed by atoms with van der Waals surface area (Å²) in [5.41, 5.74) is 1.62. The molecule has 1 aromatic heterocycles. The van der Waals surface area contributed by atoms with E-state index in [1.165, 1.54) is 12.1 Å². The number of hydrogen-bond acceptors (Lipinski definition) is 9. The van der Waals surface area contributed by atoms with Crippen LogP contribution < -0.4 is 19.9 Å². The highest BCUT2D eigenvalue weighted by Gasteiger charge is 2.47. The molecule has 1 amide bonds. The number of carbonyl (C=O) groups excluding carboxylic acids is 2. The summed E-state index contributed by atoms with van der Waals surface area (Å²) in [7, 11) is 2.33. The number of hydrogen-bond donors (Lipinski definition) is 2. The Kier molecular flexibility index (Phi) is 15.4. The molecule has 12 nitrogen and oxygen atoms in total. The summed E-state index contributed by atoms with van der Waals surface area (Å²) in [6, 6.07) is 10.5. The number of ether oxygens (including phenoxy) is 2. The normalized spacial score (nSPS) is 16.6. The quantitative estimate of drug-likeness (QED) is 0.183. The number of halogens is 5. The number of pyridine rings is 1. The van der Waals surface area contributed by atoms with Crippen LogP contribution in [0.1, 0.15) is 48.9 Å². The van der Waals surface area contributed by atoms with Crippen LogP contribution in [0, 0.1) is 19.8 Å². The number of carboxylic acids is 1. The SMILES string of the molecule is Cc1cc(C)c2cccc(OCc3c(Cl)ccc(S(=O)(=O)NC4(C(=O)N5CCC(CNCCC[N+](C)(C)C)CC5)CCOCC4)c3Cl)c2n1.O=C([O-])C(F)(F)F. The maximum absolute atomic E-state index is 14.2. The number of nitrogens with one attached hydrogen (secondary N) is 2. The first-order valence-corrected chi connectivity index (χ1v) is 20.5. The van der Waals surface area contributed by atoms with Gasteiger partial charge in [0.1, 0.15) is 34.3 Å². The van der Waals surface area contributed by atoms with E-state index < -0.39 is 27.7 Å². The molecule has 310 valence electrons. The molecular weight excluding hydrogens is 798 g/mol. The number of sulfonamides is 1. The molecule has 0 atom stereocenters. The Morgan fingerprint density at radius 3 is 2.34 bits per heavy atom. The van der Waals surface area contributed by atoms with Crippen molar-refractivity contribution in [3.8, 4) is 5.75 Å². The van der Waals surface area contributed by atoms with Gasteiger partial charge in [0.15, 0.2) is 0 Å². The van der Waals surface area contributed by atoms with E-state index in [1.807, 2.05) is 43.0 Å². The van der Waals surface area contributed by atoms with Crippen LogP contribution in [0.15, 0.2) is 41.3 Å². The third-order valence-corrected chi connectivity index (χ3v) is 12.3. The van der Waals surface area contributed by atoms with Crippen molar-refractivity contribution >= 4 is 56.0 Å². The number of alkyl halides is 3. The van der Waals surface area contributed by atoms with Gasteiger partial charge in [-0.25, -0.2) is 13.4 Å². The Morgan fingerprint density at radius 2 is 1.73 bits per heavy atom. The highest BCUT2D eigenvalue weighted by Crippen LogP contribution is 2.36. The minimum atomic E-state index is -5.19. The third kappa shape index (κ3) is 12.1. The maximum Gasteiger partial charge on any atom is 0.430 e. The van der Waals surface area contributed by atoms with Gasteiger partial charge in [-0.1, -0.05) is 35.3 Å². The number of aryl methyl sites for hydroxylation is 2. The van der Waals surface area contributed by atoms with Crippen molar-refractivity contribution in [2.24, 2.45) is 5.92 Å². The van der Waals surface area contributed by atoms with E-state index >= 15 is 0 Å². The number of amides is 1. The van der Waals surface area contributed by atoms with E-state index in [0.717, 1.165) is 60.0 Å². The van der Waals surface area contributed by atoms with E-state index in [-0.39, 0.29) is 53.5 Å². The molecule has 2 aliphatic rings. The molecule has 0 aliphatic carbocycles. The van der Waals surface area contributed by atoms with Gasteiger partial charge in [0.25, 0.3) is 0 Å². The Labute approximate surface area is 336 Å². The lowest BCUT2D eigenvalue weighted by molar-refractivity contribution is -0.870. The van der Waals surface area contributed by atoms with Crippen molar-refractivity contribution in [1.29, 1.82) is 0 Å². The highest BCUT2D eigenvalue weighted by molar-refractivity contribution is 7.89. The molecular formula is C38H50Cl2F3N5O7S. The number of quaternary nitrogens is 1. The number of aromatic nitrogens is 1. The summed E-state index contributed by atoms with van der Waals surface area (Å²) >= 11 is 13.4. The zero-order valence-electron chi connectivity index (χ0n) is 32.2. The second kappa shape index (κ2) is 19.0. The van der Waals surface area contributed by atoms with Crippen LogP contribution in [0.2, 0.25) is 10.0 Å². The molecule has 56 heavy (non-hydrogen) atoms. The average molecular weight is 849 g/mol. The fraction of sp³-hybridized carbons (Fsp3) is 0.553. The molecule has 2 aromatic carbocycles. The number of piperidine rings is 1. The van der Waals surface area contributed by atoms with Crippen LogP contribution in [-0.2, 0) is 31.0 Å². The second-order valence-electron chi connectivity index (χ2n) is 15.3. The van der Waals surface area contributed by atoms with Crippen LogP contribution in [0.25, 0.3) is 10.9 Å². The van der Waals surface area contributed by atoms with Crippen LogP contribution in [0.4, 0.5) is 13.2 Å². The van der Waals surface area contributed by atoms with Crippen molar-refractivity contribution in [2.75, 3.05) is 67.1 Å². The van der Waals surface area contributed by atoms with E-state index in [0.29, 0.717) is 35.8 Å². The second-order valence-corrected chi connectivity index (χ2v) is 17.7. The molecule has 2 aliphatic heterocycles. The topological polar surface area (TPSA) is 150 Å². The van der Waals surface area contributed by atoms with E-state index in [2.05, 4.69) is 36.2 Å². The van der Waals surface area contributed by atoms with Crippen LogP contribution >= 0.6 is 23.2 Å². The zero-order chi connectivity index (χ0) is 41.5. The van der Waals surface area contributed by atoms with Gasteiger partial charge in [-0.3, -0.25) is 4.79 Å². The largest absolute Gasteiger partial charge is 0.542 e. The van der Waals surface area contributed by atoms with E-state index in [1.54, 1.807) is 0 Å². The van der Waals surface area contributed by atoms with Crippen molar-refractivity contribution in [3.05, 3.63) is 63.3 Å². The average Bonchev–Trinajstić information content (AvgIpc) is 3.11. The van der Waals surface area contributed by atoms with Crippen molar-refractivity contribution in [3.63, 3.8) is 0 Å². The van der Waals surface area contributed by atoms with Gasteiger partial charge in [0.2, 0.25) is 15.9 Å². The summed E-state index contributed by atoms with van der Waals surface area (Å²) in [6.45, 7) is 8.57. The Hall–Kier alpha value is -3.25. The van der Waals surface area contributed by atoms with Crippen molar-refractivity contribution in [1.82, 2.24) is 19.9 Å². The predicted octanol–water partition coefficient (Wildman–Crippen LogP) is 4.79. The number of carbonyl (C=O) groups is 2. The molecule has 0 spiro atoms. The van der Waals surface area contributed by atoms with Crippen molar-refractivity contribution < 1.29 is 50.2 Å². The number of fused-ring (bicyclic) bond motifs is 1. The monoisotopic (exact) mass is 847 g/mol. The van der Waals surface area contributed by atoms with Crippen LogP contribution in [-0.4, -0.2) is 113 Å². The van der Waals surface area contributed by atoms with Crippen LogP contribution in [0.5, 0.6) is 5.75 Å². The summed E-state index contributed by atoms with van der Waals surface area (Å²) < 4.78 is 75.2. The molecule has 0 bridgehead atoms. The lowest BCUT2D eigenvalue weighted by Gasteiger charge is -2.42. The van der Waals surface area contributed by atoms with Gasteiger partial charge in [-0.2, -0.15) is 17.9 Å². The number of aliphatic carboxylic acids is 1. The number of benzene rings is 2. The Balaban J connectivity index is 0.000000908. The smallest absolute Gasteiger partial charge is 0.430 e. The maximum atomic E-state index is 14.2. The zero-order valence-corrected chi connectivity index (χ0v) is 34.6. The fourth-order valence-corrected chi connectivity index (χ4v) is 9.06. The lowest BCUT2D eigenvalue weighted by Crippen LogP contribution is -2.62. The molecule has 0 radical (unpaired) electrons. The molecule has 0 saturated carbocycles. The van der Waals surface area contributed by atoms with Gasteiger partial charge in [-0.15, -0.1) is 0 Å². The number of rotatable bonds is 13. The summed E-state index contributed by atoms with van der Waals surface area (Å²) in [4.78, 5) is 29.3. The number of likely N-dealkylation sites (tertiary alicyclic amines) is 1. The molecule has 2 N–H and O–H groups in total. The molecule has 5 rings (SSSR count). The molecule has 18 heteroatoms. The van der Waals surface area contributed by atoms with Gasteiger partial charge in [0.05, 0.1) is 32.7 Å². The molecule has 3 heterocycles. The minimum Gasteiger partial charge on any atom is -0.542 e. The predicted molar refractivity (Wildman–Crippen MR) is 206 cm³/mol. The first-order chi connectivity index (χ1) is 26.1. The van der Waals surface area contributed by atoms with Crippen LogP contribution in [0.3, 0.4) is 0 Å². The molecule has 0 unspecified atom stereocenters. The van der Waals surface area contributed by atoms with E-state index in [9.17, 15) is 26.4 Å². The number of nitrogens with zero attached hydrogens (tertiary/aromatic N) is 3. The summed E-state index contributed by atoms with van der Waals surface area (Å²) in [5, 5.41) is 13.5.